The van der Waals surface area contributed by atoms with E-state index in [1.807, 2.05) is 0 Å². The van der Waals surface area contributed by atoms with Gasteiger partial charge in [0.2, 0.25) is 0 Å². The Morgan fingerprint density at radius 2 is 2.60 bits per heavy atom. The van der Waals surface area contributed by atoms with Crippen LogP contribution in [0.4, 0.5) is 0 Å². The van der Waals surface area contributed by atoms with E-state index < -0.39 is 5.97 Å². The lowest BCUT2D eigenvalue weighted by Gasteiger charge is -1.75. The molecule has 4 heteroatoms. The van der Waals surface area contributed by atoms with Crippen molar-refractivity contribution < 1.29 is 14.4 Å². The zero-order chi connectivity index (χ0) is 7.56. The maximum atomic E-state index is 10.2. The van der Waals surface area contributed by atoms with Gasteiger partial charge in [0.1, 0.15) is 0 Å². The van der Waals surface area contributed by atoms with Crippen LogP contribution < -0.4 is 0 Å². The Kier molecular flexibility index (Phi) is 1.53. The van der Waals surface area contributed by atoms with Gasteiger partial charge in [0.25, 0.3) is 0 Å². The van der Waals surface area contributed by atoms with Gasteiger partial charge in [-0.1, -0.05) is 11.7 Å². The summed E-state index contributed by atoms with van der Waals surface area (Å²) in [5, 5.41) is 11.6. The van der Waals surface area contributed by atoms with Gasteiger partial charge in [-0.25, -0.2) is 4.79 Å². The van der Waals surface area contributed by atoms with Crippen molar-refractivity contribution >= 4 is 12.0 Å². The number of carboxylic acids is 1. The van der Waals surface area contributed by atoms with Gasteiger partial charge in [-0.2, -0.15) is 0 Å². The number of aromatic carboxylic acids is 1. The molecular weight excluding hydrogens is 134 g/mol. The molecule has 0 unspecified atom stereocenters. The Morgan fingerprint density at radius 3 is 2.90 bits per heavy atom. The molecule has 10 heavy (non-hydrogen) atoms. The Bertz CT molecular complexity index is 264. The van der Waals surface area contributed by atoms with E-state index in [1.165, 1.54) is 12.1 Å². The summed E-state index contributed by atoms with van der Waals surface area (Å²) in [7, 11) is 0. The summed E-state index contributed by atoms with van der Waals surface area (Å²) < 4.78 is 4.53. The highest BCUT2D eigenvalue weighted by Crippen LogP contribution is 2.03. The predicted octanol–water partition coefficient (Wildman–Crippen LogP) is 1.02. The number of aromatic nitrogens is 1. The van der Waals surface area contributed by atoms with Crippen LogP contribution in [0.5, 0.6) is 0 Å². The molecule has 0 aliphatic carbocycles. The first kappa shape index (κ1) is 6.54. The molecule has 0 aliphatic heterocycles. The van der Waals surface area contributed by atoms with E-state index in [0.717, 1.165) is 0 Å². The lowest BCUT2D eigenvalue weighted by Crippen LogP contribution is -1.94. The molecule has 0 aliphatic rings. The molecule has 1 heterocycles. The predicted molar refractivity (Wildman–Crippen MR) is 33.6 cm³/mol. The van der Waals surface area contributed by atoms with Gasteiger partial charge in [-0.3, -0.25) is 0 Å². The van der Waals surface area contributed by atoms with E-state index in [4.69, 9.17) is 5.11 Å². The summed E-state index contributed by atoms with van der Waals surface area (Å²) in [6.07, 6.45) is 1.39. The fraction of sp³-hybridized carbons (Fsp3) is 0. The minimum Gasteiger partial charge on any atom is -0.476 e. The molecular formula is C6H5NO3. The third kappa shape index (κ3) is 1.05. The third-order valence-electron chi connectivity index (χ3n) is 0.949. The van der Waals surface area contributed by atoms with E-state index in [9.17, 15) is 4.79 Å². The van der Waals surface area contributed by atoms with Gasteiger partial charge in [-0.15, -0.1) is 0 Å². The molecule has 52 valence electrons. The molecule has 4 nitrogen and oxygen atoms in total. The van der Waals surface area contributed by atoms with Gasteiger partial charge in [-0.05, 0) is 6.08 Å². The Hall–Kier alpha value is -1.58. The average molecular weight is 139 g/mol. The van der Waals surface area contributed by atoms with Crippen LogP contribution in [0.2, 0.25) is 0 Å². The molecule has 1 N–H and O–H groups in total. The van der Waals surface area contributed by atoms with Crippen molar-refractivity contribution in [1.82, 2.24) is 5.16 Å². The van der Waals surface area contributed by atoms with Crippen LogP contribution in [-0.4, -0.2) is 16.2 Å². The molecule has 0 aromatic carbocycles. The van der Waals surface area contributed by atoms with E-state index in [2.05, 4.69) is 16.3 Å². The number of carbonyl (C=O) groups is 1. The minimum atomic E-state index is -1.10. The largest absolute Gasteiger partial charge is 0.476 e. The third-order valence-corrected chi connectivity index (χ3v) is 0.949. The highest BCUT2D eigenvalue weighted by Gasteiger charge is 2.07. The average Bonchev–Trinajstić information content (AvgIpc) is 2.34. The summed E-state index contributed by atoms with van der Waals surface area (Å²) in [6, 6.07) is 1.30. The van der Waals surface area contributed by atoms with Gasteiger partial charge in [0.15, 0.2) is 11.5 Å². The smallest absolute Gasteiger partial charge is 0.358 e. The fourth-order valence-corrected chi connectivity index (χ4v) is 0.486. The van der Waals surface area contributed by atoms with Gasteiger partial charge >= 0.3 is 5.97 Å². The quantitative estimate of drug-likeness (QED) is 0.664. The number of hydrogen-bond donors (Lipinski definition) is 1. The Balaban J connectivity index is 2.98. The van der Waals surface area contributed by atoms with Crippen LogP contribution in [0.25, 0.3) is 6.08 Å². The molecule has 0 fully saturated rings. The molecule has 0 saturated heterocycles. The molecule has 1 aromatic rings. The van der Waals surface area contributed by atoms with Crippen molar-refractivity contribution in [3.05, 3.63) is 24.1 Å². The summed E-state index contributed by atoms with van der Waals surface area (Å²) >= 11 is 0. The van der Waals surface area contributed by atoms with Crippen molar-refractivity contribution in [3.8, 4) is 0 Å². The summed E-state index contributed by atoms with van der Waals surface area (Å²) in [5.74, 6) is -0.741. The highest BCUT2D eigenvalue weighted by atomic mass is 16.5. The van der Waals surface area contributed by atoms with E-state index >= 15 is 0 Å². The summed E-state index contributed by atoms with van der Waals surface area (Å²) in [6.45, 7) is 3.38. The molecule has 0 saturated carbocycles. The molecule has 1 aromatic heterocycles. The summed E-state index contributed by atoms with van der Waals surface area (Å²) in [5.41, 5.74) is -0.102. The maximum absolute atomic E-state index is 10.2. The monoisotopic (exact) mass is 139 g/mol. The minimum absolute atomic E-state index is 0.102. The van der Waals surface area contributed by atoms with Gasteiger partial charge < -0.3 is 9.63 Å². The first-order valence-electron chi connectivity index (χ1n) is 2.56. The lowest BCUT2D eigenvalue weighted by molar-refractivity contribution is 0.0685. The molecule has 0 radical (unpaired) electrons. The molecule has 1 rings (SSSR count). The first-order valence-corrected chi connectivity index (χ1v) is 2.56. The van der Waals surface area contributed by atoms with E-state index in [0.29, 0.717) is 5.76 Å². The maximum Gasteiger partial charge on any atom is 0.358 e. The van der Waals surface area contributed by atoms with E-state index in [-0.39, 0.29) is 5.69 Å². The van der Waals surface area contributed by atoms with Crippen LogP contribution in [0.1, 0.15) is 16.2 Å². The van der Waals surface area contributed by atoms with Crippen molar-refractivity contribution in [2.45, 2.75) is 0 Å². The lowest BCUT2D eigenvalue weighted by atomic mass is 10.4. The van der Waals surface area contributed by atoms with Gasteiger partial charge in [0, 0.05) is 6.07 Å². The normalized spacial score (nSPS) is 9.20. The Labute approximate surface area is 56.8 Å². The highest BCUT2D eigenvalue weighted by molar-refractivity contribution is 5.85. The topological polar surface area (TPSA) is 63.3 Å². The number of nitrogens with zero attached hydrogens (tertiary/aromatic N) is 1. The zero-order valence-corrected chi connectivity index (χ0v) is 5.07. The standard InChI is InChI=1S/C6H5NO3/c1-2-4-3-5(6(8)9)7-10-4/h2-3H,1H2,(H,8,9). The van der Waals surface area contributed by atoms with Crippen molar-refractivity contribution in [3.63, 3.8) is 0 Å². The van der Waals surface area contributed by atoms with Crippen molar-refractivity contribution in [1.29, 1.82) is 0 Å². The fourth-order valence-electron chi connectivity index (χ4n) is 0.486. The SMILES string of the molecule is C=Cc1cc(C(=O)O)no1. The molecule has 0 spiro atoms. The van der Waals surface area contributed by atoms with Crippen LogP contribution in [0.15, 0.2) is 17.2 Å². The van der Waals surface area contributed by atoms with E-state index in [1.54, 1.807) is 0 Å². The molecule has 0 bridgehead atoms. The van der Waals surface area contributed by atoms with Crippen molar-refractivity contribution in [2.75, 3.05) is 0 Å². The second-order valence-corrected chi connectivity index (χ2v) is 1.62. The van der Waals surface area contributed by atoms with Crippen molar-refractivity contribution in [2.24, 2.45) is 0 Å². The summed E-state index contributed by atoms with van der Waals surface area (Å²) in [4.78, 5) is 10.2. The molecule has 0 atom stereocenters. The number of hydrogen-bond acceptors (Lipinski definition) is 3. The van der Waals surface area contributed by atoms with Crippen LogP contribution >= 0.6 is 0 Å². The molecule has 0 amide bonds. The van der Waals surface area contributed by atoms with Gasteiger partial charge in [0.05, 0.1) is 0 Å². The number of rotatable bonds is 2. The first-order chi connectivity index (χ1) is 4.74. The second-order valence-electron chi connectivity index (χ2n) is 1.62. The number of carboxylic acid groups (broad SMARTS) is 1. The van der Waals surface area contributed by atoms with Crippen LogP contribution in [0, 0.1) is 0 Å². The van der Waals surface area contributed by atoms with Crippen LogP contribution in [-0.2, 0) is 0 Å². The van der Waals surface area contributed by atoms with Crippen LogP contribution in [0.3, 0.4) is 0 Å². The second kappa shape index (κ2) is 2.34. The zero-order valence-electron chi connectivity index (χ0n) is 5.07. The Morgan fingerprint density at radius 1 is 1.90 bits per heavy atom.